The molecule has 0 saturated carbocycles. The highest BCUT2D eigenvalue weighted by molar-refractivity contribution is 6.31. The average Bonchev–Trinajstić information content (AvgIpc) is 3.28. The number of ether oxygens (including phenoxy) is 1. The Morgan fingerprint density at radius 2 is 1.88 bits per heavy atom. The maximum Gasteiger partial charge on any atom is 0.416 e. The third-order valence-electron chi connectivity index (χ3n) is 4.61. The zero-order chi connectivity index (χ0) is 24.7. The van der Waals surface area contributed by atoms with Crippen molar-refractivity contribution in [2.45, 2.75) is 19.6 Å². The Balaban J connectivity index is 1.75. The van der Waals surface area contributed by atoms with Crippen LogP contribution in [0.2, 0.25) is 5.02 Å². The molecule has 0 aliphatic heterocycles. The lowest BCUT2D eigenvalue weighted by atomic mass is 10.1. The number of aromatic nitrogens is 3. The molecule has 2 aromatic carbocycles. The second-order valence-electron chi connectivity index (χ2n) is 7.19. The normalized spacial score (nSPS) is 11.5. The lowest BCUT2D eigenvalue weighted by Crippen LogP contribution is -2.37. The van der Waals surface area contributed by atoms with Gasteiger partial charge in [0.1, 0.15) is 12.7 Å². The molecule has 0 aliphatic rings. The summed E-state index contributed by atoms with van der Waals surface area (Å²) >= 11 is 6.07. The number of esters is 1. The van der Waals surface area contributed by atoms with E-state index in [-0.39, 0.29) is 26.2 Å². The molecule has 0 radical (unpaired) electrons. The third-order valence-corrected chi connectivity index (χ3v) is 4.85. The van der Waals surface area contributed by atoms with Gasteiger partial charge >= 0.3 is 12.1 Å². The number of halogens is 4. The van der Waals surface area contributed by atoms with Crippen molar-refractivity contribution in [2.24, 2.45) is 0 Å². The van der Waals surface area contributed by atoms with Crippen LogP contribution in [-0.4, -0.2) is 51.2 Å². The molecule has 3 aromatic rings. The molecule has 0 spiro atoms. The summed E-state index contributed by atoms with van der Waals surface area (Å²) < 4.78 is 44.9. The Morgan fingerprint density at radius 3 is 2.50 bits per heavy atom. The molecule has 0 fully saturated rings. The van der Waals surface area contributed by atoms with E-state index in [2.05, 4.69) is 15.4 Å². The molecule has 0 unspecified atom stereocenters. The van der Waals surface area contributed by atoms with Crippen LogP contribution in [-0.2, 0) is 27.0 Å². The van der Waals surface area contributed by atoms with Gasteiger partial charge in [-0.05, 0) is 42.8 Å². The van der Waals surface area contributed by atoms with Crippen molar-refractivity contribution in [3.05, 3.63) is 71.3 Å². The molecule has 8 nitrogen and oxygen atoms in total. The number of rotatable bonds is 9. The number of amides is 1. The van der Waals surface area contributed by atoms with Crippen LogP contribution in [0.4, 0.5) is 18.9 Å². The fourth-order valence-corrected chi connectivity index (χ4v) is 3.32. The molecule has 1 amide bonds. The summed E-state index contributed by atoms with van der Waals surface area (Å²) in [6, 6.07) is 9.35. The van der Waals surface area contributed by atoms with Crippen molar-refractivity contribution in [2.75, 3.05) is 25.0 Å². The predicted molar refractivity (Wildman–Crippen MR) is 118 cm³/mol. The molecule has 0 aliphatic carbocycles. The number of nitrogens with zero attached hydrogens (tertiary/aromatic N) is 4. The van der Waals surface area contributed by atoms with E-state index in [4.69, 9.17) is 16.3 Å². The Kier molecular flexibility index (Phi) is 8.24. The van der Waals surface area contributed by atoms with Crippen LogP contribution in [0, 0.1) is 0 Å². The first-order valence-electron chi connectivity index (χ1n) is 10.1. The van der Waals surface area contributed by atoms with Crippen LogP contribution in [0.15, 0.2) is 55.1 Å². The lowest BCUT2D eigenvalue weighted by molar-refractivity contribution is -0.144. The van der Waals surface area contributed by atoms with E-state index >= 15 is 0 Å². The smallest absolute Gasteiger partial charge is 0.416 e. The first kappa shape index (κ1) is 25.2. The zero-order valence-corrected chi connectivity index (χ0v) is 18.8. The summed E-state index contributed by atoms with van der Waals surface area (Å²) in [6.45, 7) is 1.39. The monoisotopic (exact) mass is 495 g/mol. The fraction of sp³-hybridized carbons (Fsp3) is 0.273. The average molecular weight is 496 g/mol. The molecule has 34 heavy (non-hydrogen) atoms. The number of anilines is 1. The lowest BCUT2D eigenvalue weighted by Gasteiger charge is -2.21. The highest BCUT2D eigenvalue weighted by Gasteiger charge is 2.30. The summed E-state index contributed by atoms with van der Waals surface area (Å²) in [7, 11) is 0. The molecule has 3 rings (SSSR count). The fourth-order valence-electron chi connectivity index (χ4n) is 3.15. The largest absolute Gasteiger partial charge is 0.465 e. The van der Waals surface area contributed by atoms with Gasteiger partial charge in [0.05, 0.1) is 36.6 Å². The molecular weight excluding hydrogens is 475 g/mol. The van der Waals surface area contributed by atoms with Gasteiger partial charge in [-0.2, -0.15) is 18.3 Å². The van der Waals surface area contributed by atoms with Crippen molar-refractivity contribution in [1.29, 1.82) is 0 Å². The summed E-state index contributed by atoms with van der Waals surface area (Å²) in [6.07, 6.45) is -1.66. The molecule has 0 saturated heterocycles. The predicted octanol–water partition coefficient (Wildman–Crippen LogP) is 3.94. The van der Waals surface area contributed by atoms with Gasteiger partial charge in [-0.15, -0.1) is 0 Å². The minimum atomic E-state index is -4.46. The van der Waals surface area contributed by atoms with E-state index in [1.54, 1.807) is 25.1 Å². The number of nitrogens with one attached hydrogen (secondary N) is 1. The van der Waals surface area contributed by atoms with Crippen molar-refractivity contribution in [1.82, 2.24) is 19.7 Å². The number of hydrogen-bond donors (Lipinski definition) is 1. The van der Waals surface area contributed by atoms with Gasteiger partial charge in [0, 0.05) is 11.6 Å². The van der Waals surface area contributed by atoms with Crippen molar-refractivity contribution < 1.29 is 27.5 Å². The number of carbonyl (C=O) groups excluding carboxylic acids is 2. The minimum Gasteiger partial charge on any atom is -0.465 e. The third kappa shape index (κ3) is 7.03. The molecule has 0 bridgehead atoms. The molecular formula is C22H21ClF3N5O3. The highest BCUT2D eigenvalue weighted by Crippen LogP contribution is 2.29. The first-order valence-corrected chi connectivity index (χ1v) is 10.5. The molecule has 1 aromatic heterocycles. The van der Waals surface area contributed by atoms with Gasteiger partial charge in [0.25, 0.3) is 0 Å². The summed E-state index contributed by atoms with van der Waals surface area (Å²) in [5.74, 6) is -1.03. The van der Waals surface area contributed by atoms with Gasteiger partial charge in [0.2, 0.25) is 5.91 Å². The Hall–Kier alpha value is -3.44. The maximum absolute atomic E-state index is 12.8. The van der Waals surface area contributed by atoms with Crippen LogP contribution in [0.3, 0.4) is 0 Å². The minimum absolute atomic E-state index is 0.0514. The second-order valence-corrected chi connectivity index (χ2v) is 7.63. The van der Waals surface area contributed by atoms with Crippen LogP contribution in [0.25, 0.3) is 5.69 Å². The standard InChI is InChI=1S/C22H21ClF3N5O3/c1-2-34-21(33)12-30(10-15-3-5-16(6-4-15)22(24,25)26)11-20(32)29-18-9-17(23)7-8-19(18)31-14-27-13-28-31/h3-9,13-14H,2,10-12H2,1H3,(H,29,32). The topological polar surface area (TPSA) is 89.4 Å². The van der Waals surface area contributed by atoms with Crippen molar-refractivity contribution in [3.63, 3.8) is 0 Å². The van der Waals surface area contributed by atoms with Crippen LogP contribution in [0.1, 0.15) is 18.1 Å². The first-order chi connectivity index (χ1) is 16.2. The Morgan fingerprint density at radius 1 is 1.15 bits per heavy atom. The van der Waals surface area contributed by atoms with Crippen LogP contribution in [0.5, 0.6) is 0 Å². The van der Waals surface area contributed by atoms with Crippen LogP contribution < -0.4 is 5.32 Å². The van der Waals surface area contributed by atoms with Gasteiger partial charge in [-0.3, -0.25) is 14.5 Å². The molecule has 12 heteroatoms. The van der Waals surface area contributed by atoms with Crippen molar-refractivity contribution >= 4 is 29.2 Å². The quantitative estimate of drug-likeness (QED) is 0.452. The van der Waals surface area contributed by atoms with Gasteiger partial charge in [-0.1, -0.05) is 23.7 Å². The summed E-state index contributed by atoms with van der Waals surface area (Å²) in [4.78, 5) is 30.2. The summed E-state index contributed by atoms with van der Waals surface area (Å²) in [5.41, 5.74) is 0.604. The van der Waals surface area contributed by atoms with Crippen molar-refractivity contribution in [3.8, 4) is 5.69 Å². The highest BCUT2D eigenvalue weighted by atomic mass is 35.5. The second kappa shape index (κ2) is 11.1. The Labute approximate surface area is 198 Å². The molecule has 180 valence electrons. The van der Waals surface area contributed by atoms with Gasteiger partial charge in [0.15, 0.2) is 0 Å². The molecule has 0 atom stereocenters. The summed E-state index contributed by atoms with van der Waals surface area (Å²) in [5, 5.41) is 7.16. The van der Waals surface area contributed by atoms with Gasteiger partial charge in [-0.25, -0.2) is 9.67 Å². The van der Waals surface area contributed by atoms with Crippen LogP contribution >= 0.6 is 11.6 Å². The number of carbonyl (C=O) groups is 2. The number of alkyl halides is 3. The number of benzene rings is 2. The molecule has 1 N–H and O–H groups in total. The number of hydrogen-bond acceptors (Lipinski definition) is 6. The van der Waals surface area contributed by atoms with E-state index in [9.17, 15) is 22.8 Å². The zero-order valence-electron chi connectivity index (χ0n) is 18.1. The molecule has 1 heterocycles. The Bertz CT molecular complexity index is 1120. The van der Waals surface area contributed by atoms with Gasteiger partial charge < -0.3 is 10.1 Å². The van der Waals surface area contributed by atoms with E-state index in [0.717, 1.165) is 12.1 Å². The SMILES string of the molecule is CCOC(=O)CN(CC(=O)Nc1cc(Cl)ccc1-n1cncn1)Cc1ccc(C(F)(F)F)cc1. The van der Waals surface area contributed by atoms with E-state index in [1.807, 2.05) is 0 Å². The van der Waals surface area contributed by atoms with E-state index in [0.29, 0.717) is 22.0 Å². The van der Waals surface area contributed by atoms with E-state index < -0.39 is 23.6 Å². The van der Waals surface area contributed by atoms with E-state index in [1.165, 1.54) is 34.4 Å². The maximum atomic E-state index is 12.8.